The molecule has 0 unspecified atom stereocenters. The molecular formula is C13H10ClN3O3. The standard InChI is InChI=1S/C13H10ClN3O3/c1-20-13(19)8-2-3-9(14)11(6-8)17-12(18)10-4-5-15-7-16-10/h2-7H,1H3,(H,17,18). The van der Waals surface area contributed by atoms with Crippen molar-refractivity contribution in [1.82, 2.24) is 9.97 Å². The number of nitrogens with one attached hydrogen (secondary N) is 1. The summed E-state index contributed by atoms with van der Waals surface area (Å²) in [7, 11) is 1.27. The van der Waals surface area contributed by atoms with Crippen molar-refractivity contribution in [3.63, 3.8) is 0 Å². The van der Waals surface area contributed by atoms with Gasteiger partial charge in [-0.1, -0.05) is 11.6 Å². The summed E-state index contributed by atoms with van der Waals surface area (Å²) < 4.78 is 4.61. The number of carbonyl (C=O) groups is 2. The first kappa shape index (κ1) is 14.0. The summed E-state index contributed by atoms with van der Waals surface area (Å²) in [6, 6.07) is 5.92. The van der Waals surface area contributed by atoms with Gasteiger partial charge in [0, 0.05) is 6.20 Å². The second-order valence-electron chi connectivity index (χ2n) is 3.73. The number of halogens is 1. The normalized spacial score (nSPS) is 9.90. The van der Waals surface area contributed by atoms with Crippen molar-refractivity contribution in [3.05, 3.63) is 53.1 Å². The molecule has 1 aromatic heterocycles. The van der Waals surface area contributed by atoms with Crippen molar-refractivity contribution in [2.45, 2.75) is 0 Å². The van der Waals surface area contributed by atoms with Crippen LogP contribution >= 0.6 is 11.6 Å². The van der Waals surface area contributed by atoms with Crippen LogP contribution in [0.5, 0.6) is 0 Å². The highest BCUT2D eigenvalue weighted by molar-refractivity contribution is 6.34. The summed E-state index contributed by atoms with van der Waals surface area (Å²) >= 11 is 5.98. The Morgan fingerprint density at radius 3 is 2.75 bits per heavy atom. The lowest BCUT2D eigenvalue weighted by atomic mass is 10.2. The van der Waals surface area contributed by atoms with Crippen molar-refractivity contribution in [2.24, 2.45) is 0 Å². The molecule has 6 nitrogen and oxygen atoms in total. The summed E-state index contributed by atoms with van der Waals surface area (Å²) in [6.07, 6.45) is 2.72. The fourth-order valence-corrected chi connectivity index (χ4v) is 1.64. The van der Waals surface area contributed by atoms with Gasteiger partial charge in [-0.15, -0.1) is 0 Å². The molecular weight excluding hydrogens is 282 g/mol. The molecule has 2 rings (SSSR count). The highest BCUT2D eigenvalue weighted by Crippen LogP contribution is 2.23. The lowest BCUT2D eigenvalue weighted by Gasteiger charge is -2.08. The van der Waals surface area contributed by atoms with E-state index < -0.39 is 11.9 Å². The van der Waals surface area contributed by atoms with E-state index in [4.69, 9.17) is 11.6 Å². The van der Waals surface area contributed by atoms with Gasteiger partial charge in [0.05, 0.1) is 23.4 Å². The van der Waals surface area contributed by atoms with Crippen LogP contribution in [-0.2, 0) is 4.74 Å². The molecule has 1 amide bonds. The van der Waals surface area contributed by atoms with Gasteiger partial charge < -0.3 is 10.1 Å². The van der Waals surface area contributed by atoms with E-state index in [1.807, 2.05) is 0 Å². The molecule has 7 heteroatoms. The van der Waals surface area contributed by atoms with Crippen LogP contribution in [0.2, 0.25) is 5.02 Å². The first-order valence-electron chi connectivity index (χ1n) is 5.57. The largest absolute Gasteiger partial charge is 0.465 e. The number of carbonyl (C=O) groups excluding carboxylic acids is 2. The Bertz CT molecular complexity index is 647. The van der Waals surface area contributed by atoms with Crippen LogP contribution in [0.4, 0.5) is 5.69 Å². The Labute approximate surface area is 119 Å². The molecule has 0 saturated heterocycles. The number of methoxy groups -OCH3 is 1. The van der Waals surface area contributed by atoms with Crippen molar-refractivity contribution in [2.75, 3.05) is 12.4 Å². The third-order valence-electron chi connectivity index (χ3n) is 2.45. The zero-order valence-electron chi connectivity index (χ0n) is 10.5. The fraction of sp³-hybridized carbons (Fsp3) is 0.0769. The van der Waals surface area contributed by atoms with E-state index in [0.717, 1.165) is 0 Å². The Balaban J connectivity index is 2.25. The summed E-state index contributed by atoms with van der Waals surface area (Å²) in [4.78, 5) is 30.9. The topological polar surface area (TPSA) is 81.2 Å². The highest BCUT2D eigenvalue weighted by Gasteiger charge is 2.12. The van der Waals surface area contributed by atoms with Crippen LogP contribution in [-0.4, -0.2) is 29.0 Å². The SMILES string of the molecule is COC(=O)c1ccc(Cl)c(NC(=O)c2ccncn2)c1. The van der Waals surface area contributed by atoms with E-state index in [-0.39, 0.29) is 11.3 Å². The lowest BCUT2D eigenvalue weighted by molar-refractivity contribution is 0.0600. The second kappa shape index (κ2) is 6.12. The number of aromatic nitrogens is 2. The van der Waals surface area contributed by atoms with Gasteiger partial charge in [-0.3, -0.25) is 4.79 Å². The van der Waals surface area contributed by atoms with Crippen LogP contribution in [0.15, 0.2) is 36.8 Å². The maximum atomic E-state index is 11.9. The van der Waals surface area contributed by atoms with Crippen LogP contribution in [0.25, 0.3) is 0 Å². The monoisotopic (exact) mass is 291 g/mol. The maximum absolute atomic E-state index is 11.9. The Morgan fingerprint density at radius 2 is 2.10 bits per heavy atom. The summed E-state index contributed by atoms with van der Waals surface area (Å²) in [5.41, 5.74) is 0.785. The summed E-state index contributed by atoms with van der Waals surface area (Å²) in [5, 5.41) is 2.88. The highest BCUT2D eigenvalue weighted by atomic mass is 35.5. The molecule has 1 heterocycles. The quantitative estimate of drug-likeness (QED) is 0.877. The van der Waals surface area contributed by atoms with E-state index in [1.165, 1.54) is 43.9 Å². The predicted octanol–water partition coefficient (Wildman–Crippen LogP) is 2.17. The van der Waals surface area contributed by atoms with Crippen LogP contribution in [0.1, 0.15) is 20.8 Å². The number of amides is 1. The molecule has 0 spiro atoms. The molecule has 0 aliphatic heterocycles. The van der Waals surface area contributed by atoms with E-state index in [1.54, 1.807) is 0 Å². The molecule has 0 fully saturated rings. The number of hydrogen-bond acceptors (Lipinski definition) is 5. The summed E-state index contributed by atoms with van der Waals surface area (Å²) in [5.74, 6) is -0.962. The van der Waals surface area contributed by atoms with Gasteiger partial charge in [-0.25, -0.2) is 14.8 Å². The number of anilines is 1. The third kappa shape index (κ3) is 3.10. The molecule has 0 bridgehead atoms. The number of benzene rings is 1. The fourth-order valence-electron chi connectivity index (χ4n) is 1.48. The lowest BCUT2D eigenvalue weighted by Crippen LogP contribution is -2.14. The van der Waals surface area contributed by atoms with Crippen molar-refractivity contribution in [3.8, 4) is 0 Å². The Hall–Kier alpha value is -2.47. The minimum atomic E-state index is -0.515. The van der Waals surface area contributed by atoms with Gasteiger partial charge in [0.2, 0.25) is 0 Å². The van der Waals surface area contributed by atoms with E-state index >= 15 is 0 Å². The zero-order chi connectivity index (χ0) is 14.5. The first-order chi connectivity index (χ1) is 9.61. The molecule has 0 radical (unpaired) electrons. The third-order valence-corrected chi connectivity index (χ3v) is 2.78. The van der Waals surface area contributed by atoms with Gasteiger partial charge in [0.25, 0.3) is 5.91 Å². The minimum Gasteiger partial charge on any atom is -0.465 e. The minimum absolute atomic E-state index is 0.194. The van der Waals surface area contributed by atoms with Gasteiger partial charge in [-0.2, -0.15) is 0 Å². The van der Waals surface area contributed by atoms with Crippen molar-refractivity contribution in [1.29, 1.82) is 0 Å². The van der Waals surface area contributed by atoms with Crippen LogP contribution in [0, 0.1) is 0 Å². The average Bonchev–Trinajstić information content (AvgIpc) is 2.49. The molecule has 0 saturated carbocycles. The predicted molar refractivity (Wildman–Crippen MR) is 72.8 cm³/mol. The zero-order valence-corrected chi connectivity index (χ0v) is 11.2. The molecule has 1 aromatic carbocycles. The smallest absolute Gasteiger partial charge is 0.337 e. The van der Waals surface area contributed by atoms with Crippen molar-refractivity contribution < 1.29 is 14.3 Å². The number of rotatable bonds is 3. The number of ether oxygens (including phenoxy) is 1. The van der Waals surface area contributed by atoms with Crippen LogP contribution in [0.3, 0.4) is 0 Å². The van der Waals surface area contributed by atoms with Gasteiger partial charge in [0.1, 0.15) is 12.0 Å². The van der Waals surface area contributed by atoms with Crippen molar-refractivity contribution >= 4 is 29.2 Å². The molecule has 0 atom stereocenters. The molecule has 102 valence electrons. The van der Waals surface area contributed by atoms with Gasteiger partial charge >= 0.3 is 5.97 Å². The first-order valence-corrected chi connectivity index (χ1v) is 5.95. The van der Waals surface area contributed by atoms with Gasteiger partial charge in [0.15, 0.2) is 0 Å². The molecule has 20 heavy (non-hydrogen) atoms. The van der Waals surface area contributed by atoms with E-state index in [0.29, 0.717) is 10.7 Å². The van der Waals surface area contributed by atoms with E-state index in [2.05, 4.69) is 20.0 Å². The second-order valence-corrected chi connectivity index (χ2v) is 4.14. The van der Waals surface area contributed by atoms with Crippen LogP contribution < -0.4 is 5.32 Å². The van der Waals surface area contributed by atoms with Gasteiger partial charge in [-0.05, 0) is 24.3 Å². The number of nitrogens with zero attached hydrogens (tertiary/aromatic N) is 2. The molecule has 1 N–H and O–H groups in total. The average molecular weight is 292 g/mol. The maximum Gasteiger partial charge on any atom is 0.337 e. The number of esters is 1. The van der Waals surface area contributed by atoms with E-state index in [9.17, 15) is 9.59 Å². The number of hydrogen-bond donors (Lipinski definition) is 1. The Kier molecular flexibility index (Phi) is 4.27. The molecule has 2 aromatic rings. The molecule has 0 aliphatic carbocycles. The summed E-state index contributed by atoms with van der Waals surface area (Å²) in [6.45, 7) is 0. The molecule has 0 aliphatic rings. The Morgan fingerprint density at radius 1 is 1.30 bits per heavy atom.